The van der Waals surface area contributed by atoms with E-state index >= 15 is 0 Å². The summed E-state index contributed by atoms with van der Waals surface area (Å²) < 4.78 is 17.6. The number of halogens is 1. The molecule has 7 heteroatoms. The minimum absolute atomic E-state index is 0.0992. The SMILES string of the molecule is CCNC(=NCc1cc(Br)c2c(c1)OCO2)NCC1(C)CCCO1. The number of ether oxygens (including phenoxy) is 3. The number of benzene rings is 1. The van der Waals surface area contributed by atoms with Crippen molar-refractivity contribution >= 4 is 21.9 Å². The number of aliphatic imine (C=N–C) groups is 1. The number of guanidine groups is 1. The molecule has 1 fully saturated rings. The molecule has 2 aliphatic heterocycles. The van der Waals surface area contributed by atoms with Gasteiger partial charge in [-0.15, -0.1) is 0 Å². The number of hydrogen-bond acceptors (Lipinski definition) is 4. The molecule has 132 valence electrons. The average Bonchev–Trinajstić information content (AvgIpc) is 3.20. The maximum atomic E-state index is 5.82. The van der Waals surface area contributed by atoms with Gasteiger partial charge < -0.3 is 24.8 Å². The first-order valence-corrected chi connectivity index (χ1v) is 9.13. The Kier molecular flexibility index (Phi) is 5.50. The molecule has 2 N–H and O–H groups in total. The minimum Gasteiger partial charge on any atom is -0.454 e. The topological polar surface area (TPSA) is 64.1 Å². The third kappa shape index (κ3) is 4.13. The molecule has 1 atom stereocenters. The molecule has 0 saturated carbocycles. The Morgan fingerprint density at radius 2 is 2.21 bits per heavy atom. The van der Waals surface area contributed by atoms with Gasteiger partial charge in [0.15, 0.2) is 17.5 Å². The van der Waals surface area contributed by atoms with E-state index in [2.05, 4.69) is 45.4 Å². The maximum Gasteiger partial charge on any atom is 0.231 e. The molecular formula is C17H24BrN3O3. The molecule has 1 aromatic rings. The summed E-state index contributed by atoms with van der Waals surface area (Å²) in [6.45, 7) is 7.44. The lowest BCUT2D eigenvalue weighted by Gasteiger charge is -2.24. The first-order chi connectivity index (χ1) is 11.6. The third-order valence-electron chi connectivity index (χ3n) is 4.18. The van der Waals surface area contributed by atoms with Gasteiger partial charge in [-0.2, -0.15) is 0 Å². The van der Waals surface area contributed by atoms with E-state index < -0.39 is 0 Å². The summed E-state index contributed by atoms with van der Waals surface area (Å²) in [5, 5.41) is 6.66. The molecule has 0 spiro atoms. The fourth-order valence-electron chi connectivity index (χ4n) is 2.87. The summed E-state index contributed by atoms with van der Waals surface area (Å²) in [5.74, 6) is 2.32. The van der Waals surface area contributed by atoms with Gasteiger partial charge in [0.25, 0.3) is 0 Å². The molecule has 24 heavy (non-hydrogen) atoms. The number of fused-ring (bicyclic) bond motifs is 1. The monoisotopic (exact) mass is 397 g/mol. The highest BCUT2D eigenvalue weighted by atomic mass is 79.9. The molecule has 0 amide bonds. The number of rotatable bonds is 5. The van der Waals surface area contributed by atoms with Gasteiger partial charge in [0.2, 0.25) is 6.79 Å². The predicted molar refractivity (Wildman–Crippen MR) is 96.7 cm³/mol. The zero-order chi connectivity index (χ0) is 17.0. The normalized spacial score (nSPS) is 22.7. The van der Waals surface area contributed by atoms with E-state index in [4.69, 9.17) is 14.2 Å². The lowest BCUT2D eigenvalue weighted by atomic mass is 10.0. The van der Waals surface area contributed by atoms with Crippen LogP contribution in [0.15, 0.2) is 21.6 Å². The van der Waals surface area contributed by atoms with E-state index in [9.17, 15) is 0 Å². The van der Waals surface area contributed by atoms with Crippen molar-refractivity contribution in [1.29, 1.82) is 0 Å². The summed E-state index contributed by atoms with van der Waals surface area (Å²) in [6, 6.07) is 3.99. The Hall–Kier alpha value is -1.47. The molecule has 2 aliphatic rings. The largest absolute Gasteiger partial charge is 0.454 e. The van der Waals surface area contributed by atoms with E-state index in [0.29, 0.717) is 6.54 Å². The van der Waals surface area contributed by atoms with Crippen molar-refractivity contribution < 1.29 is 14.2 Å². The summed E-state index contributed by atoms with van der Waals surface area (Å²) in [7, 11) is 0. The second-order valence-corrected chi connectivity index (χ2v) is 7.12. The Bertz CT molecular complexity index is 615. The van der Waals surface area contributed by atoms with Crippen molar-refractivity contribution in [2.45, 2.75) is 38.8 Å². The van der Waals surface area contributed by atoms with Crippen LogP contribution in [-0.2, 0) is 11.3 Å². The van der Waals surface area contributed by atoms with Crippen LogP contribution >= 0.6 is 15.9 Å². The van der Waals surface area contributed by atoms with E-state index in [-0.39, 0.29) is 12.4 Å². The minimum atomic E-state index is -0.0992. The van der Waals surface area contributed by atoms with Crippen LogP contribution in [0.5, 0.6) is 11.5 Å². The van der Waals surface area contributed by atoms with Crippen molar-refractivity contribution in [1.82, 2.24) is 10.6 Å². The zero-order valence-corrected chi connectivity index (χ0v) is 15.7. The van der Waals surface area contributed by atoms with Gasteiger partial charge in [0.05, 0.1) is 16.6 Å². The summed E-state index contributed by atoms with van der Waals surface area (Å²) >= 11 is 3.52. The molecular weight excluding hydrogens is 374 g/mol. The second-order valence-electron chi connectivity index (χ2n) is 6.26. The van der Waals surface area contributed by atoms with E-state index in [1.165, 1.54) is 0 Å². The molecule has 2 heterocycles. The highest BCUT2D eigenvalue weighted by Gasteiger charge is 2.29. The molecule has 1 unspecified atom stereocenters. The Morgan fingerprint density at radius 3 is 2.96 bits per heavy atom. The predicted octanol–water partition coefficient (Wildman–Crippen LogP) is 2.80. The summed E-state index contributed by atoms with van der Waals surface area (Å²) in [6.07, 6.45) is 2.20. The third-order valence-corrected chi connectivity index (χ3v) is 4.77. The fraction of sp³-hybridized carbons (Fsp3) is 0.588. The zero-order valence-electron chi connectivity index (χ0n) is 14.2. The van der Waals surface area contributed by atoms with Gasteiger partial charge in [-0.05, 0) is 60.3 Å². The quantitative estimate of drug-likeness (QED) is 0.590. The van der Waals surface area contributed by atoms with Crippen LogP contribution in [0.25, 0.3) is 0 Å². The highest BCUT2D eigenvalue weighted by molar-refractivity contribution is 9.10. The van der Waals surface area contributed by atoms with Crippen molar-refractivity contribution in [2.75, 3.05) is 26.5 Å². The van der Waals surface area contributed by atoms with Crippen LogP contribution in [0.1, 0.15) is 32.3 Å². The lowest BCUT2D eigenvalue weighted by molar-refractivity contribution is 0.0243. The van der Waals surface area contributed by atoms with Crippen LogP contribution in [0, 0.1) is 0 Å². The standard InChI is InChI=1S/C17H24BrN3O3/c1-3-19-16(21-10-17(2)5-4-6-24-17)20-9-12-7-13(18)15-14(8-12)22-11-23-15/h7-8H,3-6,9-11H2,1-2H3,(H2,19,20,21). The lowest BCUT2D eigenvalue weighted by Crippen LogP contribution is -2.45. The summed E-state index contributed by atoms with van der Waals surface area (Å²) in [4.78, 5) is 4.66. The summed E-state index contributed by atoms with van der Waals surface area (Å²) in [5.41, 5.74) is 0.962. The second kappa shape index (κ2) is 7.61. The molecule has 3 rings (SSSR count). The van der Waals surface area contributed by atoms with Gasteiger partial charge in [0, 0.05) is 19.7 Å². The van der Waals surface area contributed by atoms with Crippen LogP contribution in [0.4, 0.5) is 0 Å². The Balaban J connectivity index is 1.64. The van der Waals surface area contributed by atoms with Crippen molar-refractivity contribution in [2.24, 2.45) is 4.99 Å². The molecule has 6 nitrogen and oxygen atoms in total. The van der Waals surface area contributed by atoms with Crippen LogP contribution in [0.3, 0.4) is 0 Å². The number of nitrogens with zero attached hydrogens (tertiary/aromatic N) is 1. The number of nitrogens with one attached hydrogen (secondary N) is 2. The first kappa shape index (κ1) is 17.4. The fourth-order valence-corrected chi connectivity index (χ4v) is 3.48. The Labute approximate surface area is 151 Å². The molecule has 1 saturated heterocycles. The smallest absolute Gasteiger partial charge is 0.231 e. The molecule has 0 radical (unpaired) electrons. The van der Waals surface area contributed by atoms with Crippen LogP contribution in [-0.4, -0.2) is 38.0 Å². The molecule has 1 aromatic carbocycles. The van der Waals surface area contributed by atoms with Crippen LogP contribution < -0.4 is 20.1 Å². The maximum absolute atomic E-state index is 5.82. The van der Waals surface area contributed by atoms with Crippen molar-refractivity contribution in [3.63, 3.8) is 0 Å². The van der Waals surface area contributed by atoms with Gasteiger partial charge in [0.1, 0.15) is 0 Å². The molecule has 0 aliphatic carbocycles. The van der Waals surface area contributed by atoms with Crippen molar-refractivity contribution in [3.05, 3.63) is 22.2 Å². The first-order valence-electron chi connectivity index (χ1n) is 8.34. The van der Waals surface area contributed by atoms with Gasteiger partial charge in [-0.1, -0.05) is 0 Å². The van der Waals surface area contributed by atoms with E-state index in [1.54, 1.807) is 0 Å². The Morgan fingerprint density at radius 1 is 1.33 bits per heavy atom. The van der Waals surface area contributed by atoms with Gasteiger partial charge in [-0.3, -0.25) is 0 Å². The van der Waals surface area contributed by atoms with Crippen molar-refractivity contribution in [3.8, 4) is 11.5 Å². The van der Waals surface area contributed by atoms with E-state index in [0.717, 1.165) is 60.0 Å². The highest BCUT2D eigenvalue weighted by Crippen LogP contribution is 2.40. The van der Waals surface area contributed by atoms with Gasteiger partial charge >= 0.3 is 0 Å². The van der Waals surface area contributed by atoms with Gasteiger partial charge in [-0.25, -0.2) is 4.99 Å². The van der Waals surface area contributed by atoms with Crippen LogP contribution in [0.2, 0.25) is 0 Å². The molecule has 0 bridgehead atoms. The molecule has 0 aromatic heterocycles. The van der Waals surface area contributed by atoms with E-state index in [1.807, 2.05) is 12.1 Å². The average molecular weight is 398 g/mol. The number of hydrogen-bond donors (Lipinski definition) is 2.